The van der Waals surface area contributed by atoms with Gasteiger partial charge in [0.25, 0.3) is 0 Å². The van der Waals surface area contributed by atoms with Gasteiger partial charge in [-0.3, -0.25) is 4.79 Å². The molecular formula is C10H11BrN2OS. The summed E-state index contributed by atoms with van der Waals surface area (Å²) >= 11 is 5.07. The van der Waals surface area contributed by atoms with Crippen LogP contribution in [-0.4, -0.2) is 21.9 Å². The average molecular weight is 287 g/mol. The van der Waals surface area contributed by atoms with Crippen LogP contribution in [0.25, 0.3) is 0 Å². The zero-order valence-corrected chi connectivity index (χ0v) is 10.5. The van der Waals surface area contributed by atoms with Crippen molar-refractivity contribution < 1.29 is 4.79 Å². The molecule has 1 aromatic rings. The van der Waals surface area contributed by atoms with Crippen LogP contribution < -0.4 is 5.32 Å². The maximum Gasteiger partial charge on any atom is 0.238 e. The second kappa shape index (κ2) is 4.99. The zero-order chi connectivity index (χ0) is 10.7. The van der Waals surface area contributed by atoms with E-state index in [0.29, 0.717) is 5.82 Å². The number of rotatable bonds is 2. The molecule has 1 aliphatic rings. The Morgan fingerprint density at radius 3 is 3.20 bits per heavy atom. The van der Waals surface area contributed by atoms with Crippen molar-refractivity contribution in [3.63, 3.8) is 0 Å². The molecule has 0 aliphatic carbocycles. The molecular weight excluding hydrogens is 276 g/mol. The van der Waals surface area contributed by atoms with Gasteiger partial charge >= 0.3 is 0 Å². The van der Waals surface area contributed by atoms with Crippen LogP contribution in [-0.2, 0) is 4.79 Å². The molecule has 2 rings (SSSR count). The predicted octanol–water partition coefficient (Wildman–Crippen LogP) is 2.68. The molecule has 0 saturated carbocycles. The largest absolute Gasteiger partial charge is 0.309 e. The van der Waals surface area contributed by atoms with E-state index in [0.717, 1.165) is 23.1 Å². The molecule has 1 fully saturated rings. The molecule has 0 radical (unpaired) electrons. The summed E-state index contributed by atoms with van der Waals surface area (Å²) in [5.74, 6) is 1.76. The van der Waals surface area contributed by atoms with Gasteiger partial charge < -0.3 is 5.32 Å². The second-order valence-corrected chi connectivity index (χ2v) is 5.49. The number of carbonyl (C=O) groups excluding carboxylic acids is 1. The molecule has 3 nitrogen and oxygen atoms in total. The summed E-state index contributed by atoms with van der Waals surface area (Å²) < 4.78 is 0.821. The van der Waals surface area contributed by atoms with E-state index in [1.807, 2.05) is 12.1 Å². The van der Waals surface area contributed by atoms with E-state index in [1.54, 1.807) is 18.0 Å². The van der Waals surface area contributed by atoms with Gasteiger partial charge in [0.1, 0.15) is 5.82 Å². The van der Waals surface area contributed by atoms with E-state index in [4.69, 9.17) is 0 Å². The third-order valence-corrected chi connectivity index (χ3v) is 4.24. The maximum absolute atomic E-state index is 11.8. The molecule has 80 valence electrons. The molecule has 15 heavy (non-hydrogen) atoms. The first-order valence-corrected chi connectivity index (χ1v) is 6.64. The van der Waals surface area contributed by atoms with Crippen molar-refractivity contribution in [1.29, 1.82) is 0 Å². The minimum absolute atomic E-state index is 0.0666. The number of hydrogen-bond donors (Lipinski definition) is 1. The molecule has 0 spiro atoms. The van der Waals surface area contributed by atoms with Crippen molar-refractivity contribution in [2.45, 2.75) is 18.1 Å². The van der Waals surface area contributed by atoms with E-state index in [9.17, 15) is 4.79 Å². The van der Waals surface area contributed by atoms with Crippen molar-refractivity contribution in [2.75, 3.05) is 11.1 Å². The highest BCUT2D eigenvalue weighted by molar-refractivity contribution is 9.10. The van der Waals surface area contributed by atoms with Gasteiger partial charge in [0, 0.05) is 6.20 Å². The van der Waals surface area contributed by atoms with Crippen LogP contribution in [0.15, 0.2) is 22.8 Å². The number of anilines is 1. The summed E-state index contributed by atoms with van der Waals surface area (Å²) in [6.07, 6.45) is 3.77. The average Bonchev–Trinajstić information content (AvgIpc) is 2.74. The summed E-state index contributed by atoms with van der Waals surface area (Å²) in [5.41, 5.74) is 0. The van der Waals surface area contributed by atoms with Crippen LogP contribution in [0.5, 0.6) is 0 Å². The Morgan fingerprint density at radius 1 is 1.67 bits per heavy atom. The number of pyridine rings is 1. The quantitative estimate of drug-likeness (QED) is 0.909. The van der Waals surface area contributed by atoms with Crippen LogP contribution in [0.4, 0.5) is 5.82 Å². The Balaban J connectivity index is 2.02. The summed E-state index contributed by atoms with van der Waals surface area (Å²) in [5, 5.41) is 2.93. The molecule has 1 saturated heterocycles. The smallest absolute Gasteiger partial charge is 0.238 e. The van der Waals surface area contributed by atoms with Crippen molar-refractivity contribution in [3.8, 4) is 0 Å². The van der Waals surface area contributed by atoms with E-state index in [1.165, 1.54) is 0 Å². The Hall–Kier alpha value is -0.550. The minimum Gasteiger partial charge on any atom is -0.309 e. The van der Waals surface area contributed by atoms with Gasteiger partial charge in [0.15, 0.2) is 0 Å². The highest BCUT2D eigenvalue weighted by Crippen LogP contribution is 2.28. The van der Waals surface area contributed by atoms with Crippen molar-refractivity contribution in [2.24, 2.45) is 0 Å². The topological polar surface area (TPSA) is 42.0 Å². The summed E-state index contributed by atoms with van der Waals surface area (Å²) in [6, 6.07) is 3.69. The van der Waals surface area contributed by atoms with Gasteiger partial charge in [-0.15, -0.1) is 11.8 Å². The van der Waals surface area contributed by atoms with Crippen molar-refractivity contribution in [1.82, 2.24) is 4.98 Å². The number of thioether (sulfide) groups is 1. The maximum atomic E-state index is 11.8. The van der Waals surface area contributed by atoms with Crippen LogP contribution >= 0.6 is 27.7 Å². The Kier molecular flexibility index (Phi) is 3.64. The lowest BCUT2D eigenvalue weighted by molar-refractivity contribution is -0.115. The van der Waals surface area contributed by atoms with Crippen LogP contribution in [0.1, 0.15) is 12.8 Å². The molecule has 1 aliphatic heterocycles. The number of halogens is 1. The van der Waals surface area contributed by atoms with Gasteiger partial charge in [0.2, 0.25) is 5.91 Å². The molecule has 0 aromatic carbocycles. The normalized spacial score (nSPS) is 20.2. The van der Waals surface area contributed by atoms with Crippen LogP contribution in [0.2, 0.25) is 0 Å². The van der Waals surface area contributed by atoms with Gasteiger partial charge in [-0.05, 0) is 46.7 Å². The first kappa shape index (κ1) is 11.0. The Labute approximate surface area is 101 Å². The molecule has 1 aromatic heterocycles. The van der Waals surface area contributed by atoms with Gasteiger partial charge in [-0.2, -0.15) is 0 Å². The number of carbonyl (C=O) groups is 1. The van der Waals surface area contributed by atoms with Crippen molar-refractivity contribution in [3.05, 3.63) is 22.8 Å². The number of nitrogens with zero attached hydrogens (tertiary/aromatic N) is 1. The molecule has 2 heterocycles. The monoisotopic (exact) mass is 286 g/mol. The van der Waals surface area contributed by atoms with Crippen LogP contribution in [0.3, 0.4) is 0 Å². The molecule has 1 N–H and O–H groups in total. The third-order valence-electron chi connectivity index (χ3n) is 2.22. The molecule has 1 unspecified atom stereocenters. The number of aromatic nitrogens is 1. The first-order valence-electron chi connectivity index (χ1n) is 4.80. The molecule has 1 atom stereocenters. The summed E-state index contributed by atoms with van der Waals surface area (Å²) in [4.78, 5) is 15.9. The van der Waals surface area contributed by atoms with Crippen molar-refractivity contribution >= 4 is 39.4 Å². The Bertz CT molecular complexity index is 366. The Morgan fingerprint density at radius 2 is 2.53 bits per heavy atom. The number of nitrogens with one attached hydrogen (secondary N) is 1. The van der Waals surface area contributed by atoms with E-state index >= 15 is 0 Å². The standard InChI is InChI=1S/C10H11BrN2OS/c11-7-3-1-5-12-9(7)13-10(14)8-4-2-6-15-8/h1,3,5,8H,2,4,6H2,(H,12,13,14). The fraction of sp³-hybridized carbons (Fsp3) is 0.400. The summed E-state index contributed by atoms with van der Waals surface area (Å²) in [7, 11) is 0. The molecule has 1 amide bonds. The number of hydrogen-bond acceptors (Lipinski definition) is 3. The summed E-state index contributed by atoms with van der Waals surface area (Å²) in [6.45, 7) is 0. The molecule has 5 heteroatoms. The number of amides is 1. The van der Waals surface area contributed by atoms with Gasteiger partial charge in [0.05, 0.1) is 9.72 Å². The fourth-order valence-corrected chi connectivity index (χ4v) is 2.97. The predicted molar refractivity (Wildman–Crippen MR) is 66.0 cm³/mol. The third kappa shape index (κ3) is 2.72. The lowest BCUT2D eigenvalue weighted by Crippen LogP contribution is -2.23. The second-order valence-electron chi connectivity index (χ2n) is 3.32. The van der Waals surface area contributed by atoms with E-state index < -0.39 is 0 Å². The lowest BCUT2D eigenvalue weighted by Gasteiger charge is -2.09. The first-order chi connectivity index (χ1) is 7.27. The highest BCUT2D eigenvalue weighted by atomic mass is 79.9. The zero-order valence-electron chi connectivity index (χ0n) is 8.07. The van der Waals surface area contributed by atoms with Gasteiger partial charge in [-0.1, -0.05) is 0 Å². The highest BCUT2D eigenvalue weighted by Gasteiger charge is 2.23. The SMILES string of the molecule is O=C(Nc1ncccc1Br)C1CCCS1. The fourth-order valence-electron chi connectivity index (χ4n) is 1.46. The minimum atomic E-state index is 0.0666. The van der Waals surface area contributed by atoms with Crippen LogP contribution in [0, 0.1) is 0 Å². The lowest BCUT2D eigenvalue weighted by atomic mass is 10.2. The van der Waals surface area contributed by atoms with Gasteiger partial charge in [-0.25, -0.2) is 4.98 Å². The van der Waals surface area contributed by atoms with E-state index in [-0.39, 0.29) is 11.2 Å². The van der Waals surface area contributed by atoms with E-state index in [2.05, 4.69) is 26.2 Å². The molecule has 0 bridgehead atoms.